The van der Waals surface area contributed by atoms with Crippen molar-refractivity contribution in [2.75, 3.05) is 11.5 Å². The number of aromatic nitrogens is 1. The molecule has 0 aliphatic heterocycles. The van der Waals surface area contributed by atoms with Gasteiger partial charge in [0.25, 0.3) is 0 Å². The summed E-state index contributed by atoms with van der Waals surface area (Å²) in [6, 6.07) is 7.63. The third-order valence-electron chi connectivity index (χ3n) is 3.70. The molecule has 0 atom stereocenters. The maximum atomic E-state index is 5.95. The van der Waals surface area contributed by atoms with E-state index in [1.54, 1.807) is 6.07 Å². The van der Waals surface area contributed by atoms with E-state index < -0.39 is 0 Å². The first-order chi connectivity index (χ1) is 9.45. The van der Waals surface area contributed by atoms with Gasteiger partial charge in [-0.05, 0) is 61.7 Å². The third kappa shape index (κ3) is 1.90. The van der Waals surface area contributed by atoms with Gasteiger partial charge in [-0.3, -0.25) is 0 Å². The average molecular weight is 267 g/mol. The summed E-state index contributed by atoms with van der Waals surface area (Å²) in [4.78, 5) is 4.55. The van der Waals surface area contributed by atoms with Crippen LogP contribution in [0.15, 0.2) is 28.7 Å². The van der Waals surface area contributed by atoms with E-state index in [1.165, 1.54) is 11.1 Å². The van der Waals surface area contributed by atoms with E-state index in [-0.39, 0.29) is 0 Å². The normalized spacial score (nSPS) is 11.2. The average Bonchev–Trinajstić information content (AvgIpc) is 2.77. The van der Waals surface area contributed by atoms with Crippen molar-refractivity contribution >= 4 is 22.5 Å². The summed E-state index contributed by atoms with van der Waals surface area (Å²) in [5.74, 6) is 0.557. The zero-order chi connectivity index (χ0) is 14.4. The highest BCUT2D eigenvalue weighted by Crippen LogP contribution is 2.32. The highest BCUT2D eigenvalue weighted by atomic mass is 16.3. The molecule has 20 heavy (non-hydrogen) atoms. The van der Waals surface area contributed by atoms with Gasteiger partial charge in [0.15, 0.2) is 5.58 Å². The number of aryl methyl sites for hydroxylation is 2. The van der Waals surface area contributed by atoms with Gasteiger partial charge in [-0.15, -0.1) is 0 Å². The largest absolute Gasteiger partial charge is 0.436 e. The lowest BCUT2D eigenvalue weighted by molar-refractivity contribution is 0.619. The summed E-state index contributed by atoms with van der Waals surface area (Å²) in [5, 5.41) is 0. The van der Waals surface area contributed by atoms with Crippen LogP contribution in [0.3, 0.4) is 0 Å². The van der Waals surface area contributed by atoms with Crippen molar-refractivity contribution in [2.45, 2.75) is 20.8 Å². The lowest BCUT2D eigenvalue weighted by atomic mass is 10.1. The predicted octanol–water partition coefficient (Wildman–Crippen LogP) is 3.58. The van der Waals surface area contributed by atoms with Gasteiger partial charge in [0.05, 0.1) is 0 Å². The molecule has 3 aromatic rings. The summed E-state index contributed by atoms with van der Waals surface area (Å²) in [5.41, 5.74) is 18.9. The minimum atomic E-state index is 0.557. The number of benzene rings is 2. The van der Waals surface area contributed by atoms with Gasteiger partial charge in [0.2, 0.25) is 5.89 Å². The van der Waals surface area contributed by atoms with Crippen molar-refractivity contribution < 1.29 is 4.42 Å². The number of anilines is 2. The Bertz CT molecular complexity index is 779. The number of fused-ring (bicyclic) bond motifs is 1. The molecule has 4 N–H and O–H groups in total. The first kappa shape index (κ1) is 12.5. The SMILES string of the molecule is Cc1cc2nc(-c3cc(N)cc(N)c3C)oc2cc1C. The molecular weight excluding hydrogens is 250 g/mol. The van der Waals surface area contributed by atoms with Gasteiger partial charge in [-0.25, -0.2) is 4.98 Å². The zero-order valence-corrected chi connectivity index (χ0v) is 11.8. The zero-order valence-electron chi connectivity index (χ0n) is 11.8. The second kappa shape index (κ2) is 4.27. The Balaban J connectivity index is 2.25. The molecule has 0 fully saturated rings. The molecule has 1 heterocycles. The molecule has 3 rings (SSSR count). The Morgan fingerprint density at radius 1 is 0.950 bits per heavy atom. The van der Waals surface area contributed by atoms with Crippen LogP contribution in [0.4, 0.5) is 11.4 Å². The van der Waals surface area contributed by atoms with Crippen LogP contribution >= 0.6 is 0 Å². The van der Waals surface area contributed by atoms with Crippen molar-refractivity contribution in [3.05, 3.63) is 41.0 Å². The van der Waals surface area contributed by atoms with E-state index in [0.717, 1.165) is 22.2 Å². The maximum Gasteiger partial charge on any atom is 0.227 e. The third-order valence-corrected chi connectivity index (χ3v) is 3.70. The quantitative estimate of drug-likeness (QED) is 0.660. The van der Waals surface area contributed by atoms with Gasteiger partial charge in [0, 0.05) is 16.9 Å². The lowest BCUT2D eigenvalue weighted by Gasteiger charge is -2.06. The molecule has 0 aliphatic carbocycles. The summed E-state index contributed by atoms with van der Waals surface area (Å²) in [6.07, 6.45) is 0. The van der Waals surface area contributed by atoms with Crippen molar-refractivity contribution in [3.8, 4) is 11.5 Å². The van der Waals surface area contributed by atoms with Crippen LogP contribution in [0.5, 0.6) is 0 Å². The number of rotatable bonds is 1. The van der Waals surface area contributed by atoms with Crippen molar-refractivity contribution in [1.82, 2.24) is 4.98 Å². The van der Waals surface area contributed by atoms with Crippen molar-refractivity contribution in [2.24, 2.45) is 0 Å². The van der Waals surface area contributed by atoms with Gasteiger partial charge in [0.1, 0.15) is 5.52 Å². The van der Waals surface area contributed by atoms with Crippen LogP contribution in [0.1, 0.15) is 16.7 Å². The Kier molecular flexibility index (Phi) is 2.67. The topological polar surface area (TPSA) is 78.1 Å². The van der Waals surface area contributed by atoms with E-state index in [1.807, 2.05) is 25.1 Å². The first-order valence-corrected chi connectivity index (χ1v) is 6.49. The standard InChI is InChI=1S/C16H17N3O/c1-8-4-14-15(5-9(8)2)20-16(19-14)12-6-11(17)7-13(18)10(12)3/h4-7H,17-18H2,1-3H3. The number of hydrogen-bond acceptors (Lipinski definition) is 4. The maximum absolute atomic E-state index is 5.95. The second-order valence-electron chi connectivity index (χ2n) is 5.21. The van der Waals surface area contributed by atoms with Crippen LogP contribution < -0.4 is 11.5 Å². The summed E-state index contributed by atoms with van der Waals surface area (Å²) in [7, 11) is 0. The molecule has 0 radical (unpaired) electrons. The van der Waals surface area contributed by atoms with E-state index in [4.69, 9.17) is 15.9 Å². The molecule has 0 amide bonds. The molecule has 4 heteroatoms. The summed E-state index contributed by atoms with van der Waals surface area (Å²) >= 11 is 0. The van der Waals surface area contributed by atoms with E-state index in [0.29, 0.717) is 17.3 Å². The molecule has 1 aromatic heterocycles. The van der Waals surface area contributed by atoms with Crippen molar-refractivity contribution in [1.29, 1.82) is 0 Å². The highest BCUT2D eigenvalue weighted by molar-refractivity contribution is 5.80. The monoisotopic (exact) mass is 267 g/mol. The van der Waals surface area contributed by atoms with Gasteiger partial charge in [-0.1, -0.05) is 0 Å². The Labute approximate surface area is 117 Å². The van der Waals surface area contributed by atoms with Gasteiger partial charge in [-0.2, -0.15) is 0 Å². The van der Waals surface area contributed by atoms with Gasteiger partial charge >= 0.3 is 0 Å². The van der Waals surface area contributed by atoms with E-state index >= 15 is 0 Å². The van der Waals surface area contributed by atoms with Crippen molar-refractivity contribution in [3.63, 3.8) is 0 Å². The number of hydrogen-bond donors (Lipinski definition) is 2. The van der Waals surface area contributed by atoms with Crippen LogP contribution in [-0.2, 0) is 0 Å². The number of oxazole rings is 1. The minimum absolute atomic E-state index is 0.557. The number of nitrogen functional groups attached to an aromatic ring is 2. The molecule has 0 aliphatic rings. The molecule has 4 nitrogen and oxygen atoms in total. The van der Waals surface area contributed by atoms with E-state index in [9.17, 15) is 0 Å². The molecule has 0 saturated heterocycles. The predicted molar refractivity (Wildman–Crippen MR) is 82.5 cm³/mol. The molecule has 0 unspecified atom stereocenters. The molecule has 0 spiro atoms. The Morgan fingerprint density at radius 3 is 2.40 bits per heavy atom. The first-order valence-electron chi connectivity index (χ1n) is 6.49. The number of nitrogens with two attached hydrogens (primary N) is 2. The molecule has 102 valence electrons. The molecular formula is C16H17N3O. The Morgan fingerprint density at radius 2 is 1.65 bits per heavy atom. The summed E-state index contributed by atoms with van der Waals surface area (Å²) in [6.45, 7) is 6.06. The minimum Gasteiger partial charge on any atom is -0.436 e. The smallest absolute Gasteiger partial charge is 0.227 e. The fourth-order valence-electron chi connectivity index (χ4n) is 2.28. The fraction of sp³-hybridized carbons (Fsp3) is 0.188. The summed E-state index contributed by atoms with van der Waals surface area (Å²) < 4.78 is 5.86. The molecule has 2 aromatic carbocycles. The molecule has 0 saturated carbocycles. The van der Waals surface area contributed by atoms with Crippen LogP contribution in [0.2, 0.25) is 0 Å². The van der Waals surface area contributed by atoms with Crippen LogP contribution in [-0.4, -0.2) is 4.98 Å². The highest BCUT2D eigenvalue weighted by Gasteiger charge is 2.13. The Hall–Kier alpha value is -2.49. The lowest BCUT2D eigenvalue weighted by Crippen LogP contribution is -1.96. The second-order valence-corrected chi connectivity index (χ2v) is 5.21. The van der Waals surface area contributed by atoms with Crippen LogP contribution in [0.25, 0.3) is 22.6 Å². The number of nitrogens with zero attached hydrogens (tertiary/aromatic N) is 1. The van der Waals surface area contributed by atoms with E-state index in [2.05, 4.69) is 18.8 Å². The van der Waals surface area contributed by atoms with Gasteiger partial charge < -0.3 is 15.9 Å². The van der Waals surface area contributed by atoms with Crippen LogP contribution in [0, 0.1) is 20.8 Å². The molecule has 0 bridgehead atoms. The fourth-order valence-corrected chi connectivity index (χ4v) is 2.28.